The van der Waals surface area contributed by atoms with Gasteiger partial charge in [0.25, 0.3) is 0 Å². The first-order valence-electron chi connectivity index (χ1n) is 6.73. The topological polar surface area (TPSA) is 52.6 Å². The van der Waals surface area contributed by atoms with Crippen molar-refractivity contribution in [3.63, 3.8) is 0 Å². The Morgan fingerprint density at radius 2 is 1.70 bits per heavy atom. The Morgan fingerprint density at radius 1 is 1.20 bits per heavy atom. The van der Waals surface area contributed by atoms with Gasteiger partial charge in [-0.25, -0.2) is 0 Å². The highest BCUT2D eigenvalue weighted by Crippen LogP contribution is 2.26. The zero-order valence-electron chi connectivity index (χ0n) is 12.2. The Kier molecular flexibility index (Phi) is 9.82. The number of carbonyl (C=O) groups is 2. The molecule has 0 amide bonds. The van der Waals surface area contributed by atoms with E-state index in [0.29, 0.717) is 24.3 Å². The fourth-order valence-electron chi connectivity index (χ4n) is 1.92. The van der Waals surface area contributed by atoms with E-state index in [1.807, 2.05) is 0 Å². The van der Waals surface area contributed by atoms with E-state index < -0.39 is 17.9 Å². The predicted molar refractivity (Wildman–Crippen MR) is 79.3 cm³/mol. The van der Waals surface area contributed by atoms with Crippen molar-refractivity contribution < 1.29 is 19.1 Å². The summed E-state index contributed by atoms with van der Waals surface area (Å²) in [7, 11) is 0. The van der Waals surface area contributed by atoms with Crippen molar-refractivity contribution in [1.82, 2.24) is 0 Å². The van der Waals surface area contributed by atoms with Crippen LogP contribution in [0.15, 0.2) is 24.3 Å². The molecule has 0 aromatic heterocycles. The quantitative estimate of drug-likeness (QED) is 0.352. The number of halogens is 1. The number of carbonyl (C=O) groups excluding carboxylic acids is 2. The van der Waals surface area contributed by atoms with Crippen molar-refractivity contribution >= 4 is 23.5 Å². The molecule has 0 aromatic rings. The lowest BCUT2D eigenvalue weighted by molar-refractivity contribution is -0.162. The average molecular weight is 303 g/mol. The van der Waals surface area contributed by atoms with Crippen LogP contribution in [-0.2, 0) is 19.1 Å². The van der Waals surface area contributed by atoms with Crippen LogP contribution in [0.4, 0.5) is 0 Å². The zero-order valence-corrected chi connectivity index (χ0v) is 12.9. The second-order valence-corrected chi connectivity index (χ2v) is 4.94. The first kappa shape index (κ1) is 18.7. The van der Waals surface area contributed by atoms with Gasteiger partial charge in [-0.05, 0) is 39.0 Å². The van der Waals surface area contributed by atoms with Crippen LogP contribution >= 0.6 is 11.6 Å². The second-order valence-electron chi connectivity index (χ2n) is 4.40. The number of esters is 2. The summed E-state index contributed by atoms with van der Waals surface area (Å²) in [6.45, 7) is 11.2. The minimum atomic E-state index is -0.920. The van der Waals surface area contributed by atoms with Crippen LogP contribution in [0.2, 0.25) is 0 Å². The number of ether oxygens (including phenoxy) is 2. The molecule has 0 heterocycles. The maximum absolute atomic E-state index is 11.9. The Morgan fingerprint density at radius 3 is 2.05 bits per heavy atom. The average Bonchev–Trinajstić information content (AvgIpc) is 2.35. The highest BCUT2D eigenvalue weighted by Gasteiger charge is 2.32. The van der Waals surface area contributed by atoms with Crippen molar-refractivity contribution in [3.8, 4) is 0 Å². The van der Waals surface area contributed by atoms with E-state index >= 15 is 0 Å². The molecule has 0 fully saturated rings. The van der Waals surface area contributed by atoms with Crippen LogP contribution in [0.1, 0.15) is 33.1 Å². The number of allylic oxidation sites excluding steroid dienone is 2. The molecule has 0 aliphatic carbocycles. The van der Waals surface area contributed by atoms with Gasteiger partial charge >= 0.3 is 11.9 Å². The van der Waals surface area contributed by atoms with Crippen molar-refractivity contribution in [2.45, 2.75) is 33.1 Å². The largest absolute Gasteiger partial charge is 0.465 e. The molecule has 114 valence electrons. The van der Waals surface area contributed by atoms with Gasteiger partial charge in [-0.2, -0.15) is 0 Å². The third-order valence-electron chi connectivity index (χ3n) is 2.72. The minimum absolute atomic E-state index is 0.0105. The van der Waals surface area contributed by atoms with Gasteiger partial charge in [0.15, 0.2) is 5.92 Å². The van der Waals surface area contributed by atoms with Gasteiger partial charge in [0.1, 0.15) is 0 Å². The van der Waals surface area contributed by atoms with Crippen LogP contribution in [0.3, 0.4) is 0 Å². The van der Waals surface area contributed by atoms with E-state index in [1.165, 1.54) is 0 Å². The normalized spacial score (nSPS) is 11.8. The van der Waals surface area contributed by atoms with Crippen LogP contribution in [0, 0.1) is 11.8 Å². The van der Waals surface area contributed by atoms with E-state index in [4.69, 9.17) is 21.1 Å². The molecule has 0 bridgehead atoms. The maximum Gasteiger partial charge on any atom is 0.320 e. The van der Waals surface area contributed by atoms with Gasteiger partial charge in [-0.3, -0.25) is 9.59 Å². The molecule has 4 nitrogen and oxygen atoms in total. The molecule has 1 unspecified atom stereocenters. The summed E-state index contributed by atoms with van der Waals surface area (Å²) < 4.78 is 9.87. The smallest absolute Gasteiger partial charge is 0.320 e. The molecular weight excluding hydrogens is 280 g/mol. The maximum atomic E-state index is 11.9. The van der Waals surface area contributed by atoms with Crippen molar-refractivity contribution in [2.75, 3.05) is 13.2 Å². The highest BCUT2D eigenvalue weighted by molar-refractivity contribution is 6.29. The molecule has 1 atom stereocenters. The fourth-order valence-corrected chi connectivity index (χ4v) is 2.14. The monoisotopic (exact) mass is 302 g/mol. The molecule has 0 aromatic carbocycles. The highest BCUT2D eigenvalue weighted by atomic mass is 35.5. The van der Waals surface area contributed by atoms with Gasteiger partial charge in [0.05, 0.1) is 13.2 Å². The summed E-state index contributed by atoms with van der Waals surface area (Å²) in [5, 5.41) is 0.489. The summed E-state index contributed by atoms with van der Waals surface area (Å²) in [6, 6.07) is 0. The number of hydrogen-bond acceptors (Lipinski definition) is 4. The lowest BCUT2D eigenvalue weighted by atomic mass is 9.89. The summed E-state index contributed by atoms with van der Waals surface area (Å²) in [6.07, 6.45) is 3.21. The second kappa shape index (κ2) is 10.5. The van der Waals surface area contributed by atoms with E-state index in [2.05, 4.69) is 13.2 Å². The first-order valence-corrected chi connectivity index (χ1v) is 7.11. The van der Waals surface area contributed by atoms with Gasteiger partial charge in [-0.1, -0.05) is 24.3 Å². The molecule has 0 aliphatic heterocycles. The van der Waals surface area contributed by atoms with Gasteiger partial charge in [0, 0.05) is 5.03 Å². The molecule has 5 heteroatoms. The molecular formula is C15H23ClO4. The van der Waals surface area contributed by atoms with Crippen LogP contribution < -0.4 is 0 Å². The summed E-state index contributed by atoms with van der Waals surface area (Å²) in [5.74, 6) is -2.02. The molecule has 0 N–H and O–H groups in total. The van der Waals surface area contributed by atoms with E-state index in [1.54, 1.807) is 19.9 Å². The molecule has 0 spiro atoms. The van der Waals surface area contributed by atoms with Gasteiger partial charge in [-0.15, -0.1) is 6.58 Å². The van der Waals surface area contributed by atoms with Gasteiger partial charge < -0.3 is 9.47 Å². The van der Waals surface area contributed by atoms with Crippen molar-refractivity contribution in [2.24, 2.45) is 11.8 Å². The first-order chi connectivity index (χ1) is 9.46. The molecule has 0 rings (SSSR count). The fraction of sp³-hybridized carbons (Fsp3) is 0.600. The van der Waals surface area contributed by atoms with Crippen LogP contribution in [-0.4, -0.2) is 25.2 Å². The van der Waals surface area contributed by atoms with Crippen LogP contribution in [0.25, 0.3) is 0 Å². The van der Waals surface area contributed by atoms with Crippen molar-refractivity contribution in [3.05, 3.63) is 24.3 Å². The van der Waals surface area contributed by atoms with Crippen molar-refractivity contribution in [1.29, 1.82) is 0 Å². The minimum Gasteiger partial charge on any atom is -0.465 e. The van der Waals surface area contributed by atoms with Gasteiger partial charge in [0.2, 0.25) is 0 Å². The molecule has 0 saturated carbocycles. The van der Waals surface area contributed by atoms with E-state index in [0.717, 1.165) is 0 Å². The Bertz CT molecular complexity index is 334. The Balaban J connectivity index is 4.89. The lowest BCUT2D eigenvalue weighted by Gasteiger charge is -2.20. The standard InChI is InChI=1S/C15H23ClO4/c1-5-8-12(9-11(4)16)10-13(14(17)19-6-2)15(18)20-7-3/h5,12-13H,1,4,6-10H2,2-3H3. The summed E-state index contributed by atoms with van der Waals surface area (Å²) >= 11 is 5.81. The summed E-state index contributed by atoms with van der Waals surface area (Å²) in [4.78, 5) is 23.8. The summed E-state index contributed by atoms with van der Waals surface area (Å²) in [5.41, 5.74) is 0. The SMILES string of the molecule is C=CCC(CC(=C)Cl)CC(C(=O)OCC)C(=O)OCC. The lowest BCUT2D eigenvalue weighted by Crippen LogP contribution is -2.30. The third-order valence-corrected chi connectivity index (χ3v) is 2.88. The molecule has 0 radical (unpaired) electrons. The Labute approximate surface area is 125 Å². The third kappa shape index (κ3) is 7.34. The van der Waals surface area contributed by atoms with E-state index in [-0.39, 0.29) is 19.1 Å². The molecule has 20 heavy (non-hydrogen) atoms. The number of rotatable bonds is 10. The predicted octanol–water partition coefficient (Wildman–Crippen LogP) is 3.45. The molecule has 0 aliphatic rings. The molecule has 0 saturated heterocycles. The Hall–Kier alpha value is -1.29. The van der Waals surface area contributed by atoms with Crippen LogP contribution in [0.5, 0.6) is 0 Å². The zero-order chi connectivity index (χ0) is 15.5. The number of hydrogen-bond donors (Lipinski definition) is 0. The van der Waals surface area contributed by atoms with E-state index in [9.17, 15) is 9.59 Å².